The van der Waals surface area contributed by atoms with Crippen molar-refractivity contribution in [2.24, 2.45) is 0 Å². The summed E-state index contributed by atoms with van der Waals surface area (Å²) in [5, 5.41) is 21.8. The van der Waals surface area contributed by atoms with Crippen LogP contribution in [0.15, 0.2) is 24.4 Å². The van der Waals surface area contributed by atoms with Crippen molar-refractivity contribution in [3.63, 3.8) is 0 Å². The summed E-state index contributed by atoms with van der Waals surface area (Å²) in [5.41, 5.74) is 1.36. The molecule has 0 atom stereocenters. The van der Waals surface area contributed by atoms with E-state index < -0.39 is 11.8 Å². The molecular formula is C13H10FN3O2. The standard InChI is InChI=1S/C13H10FN3O2/c1-8-12(13(18)19)6-16-17(8)7-10-4-11(14)3-2-9(10)5-15/h2-4,6H,7H2,1H3,(H,18,19). The van der Waals surface area contributed by atoms with Crippen molar-refractivity contribution in [1.29, 1.82) is 5.26 Å². The minimum Gasteiger partial charge on any atom is -0.478 e. The van der Waals surface area contributed by atoms with Crippen LogP contribution in [0.1, 0.15) is 27.2 Å². The maximum Gasteiger partial charge on any atom is 0.339 e. The molecule has 0 spiro atoms. The van der Waals surface area contributed by atoms with Crippen LogP contribution in [-0.4, -0.2) is 20.9 Å². The van der Waals surface area contributed by atoms with Crippen LogP contribution in [-0.2, 0) is 6.54 Å². The molecule has 5 nitrogen and oxygen atoms in total. The molecule has 2 aromatic rings. The number of rotatable bonds is 3. The highest BCUT2D eigenvalue weighted by Crippen LogP contribution is 2.14. The fourth-order valence-corrected chi connectivity index (χ4v) is 1.78. The number of aromatic carboxylic acids is 1. The van der Waals surface area contributed by atoms with Gasteiger partial charge in [-0.1, -0.05) is 0 Å². The van der Waals surface area contributed by atoms with Crippen LogP contribution in [0.25, 0.3) is 0 Å². The van der Waals surface area contributed by atoms with E-state index in [4.69, 9.17) is 10.4 Å². The molecule has 1 aromatic carbocycles. The average Bonchev–Trinajstić information content (AvgIpc) is 2.71. The summed E-state index contributed by atoms with van der Waals surface area (Å²) in [4.78, 5) is 10.9. The molecule has 0 saturated heterocycles. The third kappa shape index (κ3) is 2.45. The number of hydrogen-bond donors (Lipinski definition) is 1. The molecule has 0 fully saturated rings. The molecule has 1 aromatic heterocycles. The Hall–Kier alpha value is -2.68. The van der Waals surface area contributed by atoms with Gasteiger partial charge in [0.05, 0.1) is 30.1 Å². The number of carbonyl (C=O) groups is 1. The van der Waals surface area contributed by atoms with Crippen LogP contribution in [0.4, 0.5) is 4.39 Å². The van der Waals surface area contributed by atoms with Crippen molar-refractivity contribution in [3.05, 3.63) is 52.6 Å². The van der Waals surface area contributed by atoms with Gasteiger partial charge in [-0.15, -0.1) is 0 Å². The molecule has 0 aliphatic heterocycles. The molecule has 1 N–H and O–H groups in total. The number of halogens is 1. The lowest BCUT2D eigenvalue weighted by atomic mass is 10.1. The number of carboxylic acid groups (broad SMARTS) is 1. The van der Waals surface area contributed by atoms with Gasteiger partial charge < -0.3 is 5.11 Å². The van der Waals surface area contributed by atoms with Gasteiger partial charge in [0.2, 0.25) is 0 Å². The lowest BCUT2D eigenvalue weighted by molar-refractivity contribution is 0.0696. The van der Waals surface area contributed by atoms with Gasteiger partial charge in [0, 0.05) is 0 Å². The van der Waals surface area contributed by atoms with Crippen molar-refractivity contribution in [1.82, 2.24) is 9.78 Å². The first-order valence-corrected chi connectivity index (χ1v) is 5.47. The number of nitrogens with zero attached hydrogens (tertiary/aromatic N) is 3. The van der Waals surface area contributed by atoms with Crippen molar-refractivity contribution in [3.8, 4) is 6.07 Å². The van der Waals surface area contributed by atoms with Gasteiger partial charge in [-0.2, -0.15) is 10.4 Å². The fraction of sp³-hybridized carbons (Fsp3) is 0.154. The van der Waals surface area contributed by atoms with E-state index in [0.717, 1.165) is 0 Å². The maximum absolute atomic E-state index is 13.2. The zero-order chi connectivity index (χ0) is 14.0. The maximum atomic E-state index is 13.2. The lowest BCUT2D eigenvalue weighted by Gasteiger charge is -2.07. The van der Waals surface area contributed by atoms with Crippen LogP contribution in [0.3, 0.4) is 0 Å². The summed E-state index contributed by atoms with van der Waals surface area (Å²) in [6.07, 6.45) is 1.24. The van der Waals surface area contributed by atoms with Crippen molar-refractivity contribution < 1.29 is 14.3 Å². The normalized spacial score (nSPS) is 10.2. The molecule has 19 heavy (non-hydrogen) atoms. The first kappa shape index (κ1) is 12.8. The second kappa shape index (κ2) is 4.90. The smallest absolute Gasteiger partial charge is 0.339 e. The molecule has 6 heteroatoms. The van der Waals surface area contributed by atoms with Gasteiger partial charge in [0.15, 0.2) is 0 Å². The summed E-state index contributed by atoms with van der Waals surface area (Å²) < 4.78 is 14.6. The quantitative estimate of drug-likeness (QED) is 0.913. The predicted octanol–water partition coefficient (Wildman–Crippen LogP) is 1.95. The third-order valence-electron chi connectivity index (χ3n) is 2.84. The molecule has 0 aliphatic rings. The first-order valence-electron chi connectivity index (χ1n) is 5.47. The van der Waals surface area contributed by atoms with Gasteiger partial charge in [-0.25, -0.2) is 9.18 Å². The van der Waals surface area contributed by atoms with Crippen molar-refractivity contribution >= 4 is 5.97 Å². The van der Waals surface area contributed by atoms with Gasteiger partial charge in [0.25, 0.3) is 0 Å². The summed E-state index contributed by atoms with van der Waals surface area (Å²) in [5.74, 6) is -1.51. The number of hydrogen-bond acceptors (Lipinski definition) is 3. The summed E-state index contributed by atoms with van der Waals surface area (Å²) in [6, 6.07) is 5.82. The largest absolute Gasteiger partial charge is 0.478 e. The van der Waals surface area contributed by atoms with Gasteiger partial charge in [0.1, 0.15) is 11.4 Å². The van der Waals surface area contributed by atoms with Crippen LogP contribution in [0.2, 0.25) is 0 Å². The van der Waals surface area contributed by atoms with E-state index in [0.29, 0.717) is 16.8 Å². The Kier molecular flexibility index (Phi) is 3.29. The molecule has 2 rings (SSSR count). The Balaban J connectivity index is 2.39. The second-order valence-corrected chi connectivity index (χ2v) is 4.02. The molecule has 0 radical (unpaired) electrons. The minimum absolute atomic E-state index is 0.0925. The number of nitriles is 1. The SMILES string of the molecule is Cc1c(C(=O)O)cnn1Cc1cc(F)ccc1C#N. The summed E-state index contributed by atoms with van der Waals surface area (Å²) >= 11 is 0. The molecule has 96 valence electrons. The molecule has 0 amide bonds. The highest BCUT2D eigenvalue weighted by molar-refractivity contribution is 5.88. The second-order valence-electron chi connectivity index (χ2n) is 4.02. The van der Waals surface area contributed by atoms with E-state index in [1.807, 2.05) is 6.07 Å². The minimum atomic E-state index is -1.07. The van der Waals surface area contributed by atoms with Gasteiger partial charge in [-0.05, 0) is 30.7 Å². The Labute approximate surface area is 108 Å². The third-order valence-corrected chi connectivity index (χ3v) is 2.84. The predicted molar refractivity (Wildman–Crippen MR) is 64.1 cm³/mol. The fourth-order valence-electron chi connectivity index (χ4n) is 1.78. The van der Waals surface area contributed by atoms with E-state index in [1.54, 1.807) is 6.92 Å². The highest BCUT2D eigenvalue weighted by Gasteiger charge is 2.14. The summed E-state index contributed by atoms with van der Waals surface area (Å²) in [7, 11) is 0. The zero-order valence-electron chi connectivity index (χ0n) is 10.1. The first-order chi connectivity index (χ1) is 9.02. The van der Waals surface area contributed by atoms with Crippen LogP contribution >= 0.6 is 0 Å². The molecule has 0 aliphatic carbocycles. The van der Waals surface area contributed by atoms with Gasteiger partial charge in [-0.3, -0.25) is 4.68 Å². The highest BCUT2D eigenvalue weighted by atomic mass is 19.1. The molecular weight excluding hydrogens is 249 g/mol. The Morgan fingerprint density at radius 2 is 2.32 bits per heavy atom. The van der Waals surface area contributed by atoms with Crippen LogP contribution in [0.5, 0.6) is 0 Å². The van der Waals surface area contributed by atoms with E-state index >= 15 is 0 Å². The van der Waals surface area contributed by atoms with Crippen molar-refractivity contribution in [2.45, 2.75) is 13.5 Å². The Bertz CT molecular complexity index is 686. The van der Waals surface area contributed by atoms with E-state index in [1.165, 1.54) is 29.1 Å². The summed E-state index contributed by atoms with van der Waals surface area (Å²) in [6.45, 7) is 1.77. The monoisotopic (exact) mass is 259 g/mol. The zero-order valence-corrected chi connectivity index (χ0v) is 10.1. The van der Waals surface area contributed by atoms with E-state index in [2.05, 4.69) is 5.10 Å². The molecule has 0 saturated carbocycles. The van der Waals surface area contributed by atoms with Crippen LogP contribution < -0.4 is 0 Å². The Morgan fingerprint density at radius 3 is 2.89 bits per heavy atom. The number of aromatic nitrogens is 2. The number of carboxylic acids is 1. The molecule has 1 heterocycles. The molecule has 0 unspecified atom stereocenters. The van der Waals surface area contributed by atoms with Gasteiger partial charge >= 0.3 is 5.97 Å². The molecule has 0 bridgehead atoms. The van der Waals surface area contributed by atoms with Crippen LogP contribution in [0, 0.1) is 24.1 Å². The average molecular weight is 259 g/mol. The number of benzene rings is 1. The van der Waals surface area contributed by atoms with E-state index in [9.17, 15) is 9.18 Å². The Morgan fingerprint density at radius 1 is 1.58 bits per heavy atom. The van der Waals surface area contributed by atoms with E-state index in [-0.39, 0.29) is 12.1 Å². The topological polar surface area (TPSA) is 78.9 Å². The lowest BCUT2D eigenvalue weighted by Crippen LogP contribution is -2.07. The van der Waals surface area contributed by atoms with Crippen molar-refractivity contribution in [2.75, 3.05) is 0 Å².